The zero-order valence-corrected chi connectivity index (χ0v) is 11.0. The molecule has 98 valence electrons. The van der Waals surface area contributed by atoms with Crippen LogP contribution in [0.15, 0.2) is 36.8 Å². The number of aromatic nitrogens is 2. The van der Waals surface area contributed by atoms with Crippen molar-refractivity contribution in [2.45, 2.75) is 19.5 Å². The van der Waals surface area contributed by atoms with E-state index < -0.39 is 0 Å². The lowest BCUT2D eigenvalue weighted by molar-refractivity contribution is 0.240. The number of hydrogen-bond donors (Lipinski definition) is 0. The van der Waals surface area contributed by atoms with Gasteiger partial charge in [0.2, 0.25) is 0 Å². The van der Waals surface area contributed by atoms with Crippen molar-refractivity contribution in [1.29, 1.82) is 0 Å². The molecule has 1 aliphatic heterocycles. The third-order valence-corrected chi connectivity index (χ3v) is 3.49. The van der Waals surface area contributed by atoms with E-state index in [2.05, 4.69) is 27.0 Å². The highest BCUT2D eigenvalue weighted by Gasteiger charge is 2.17. The van der Waals surface area contributed by atoms with Gasteiger partial charge in [-0.1, -0.05) is 12.1 Å². The fraction of sp³-hybridized carbons (Fsp3) is 0.333. The first-order chi connectivity index (χ1) is 9.35. The zero-order chi connectivity index (χ0) is 13.1. The number of methoxy groups -OCH3 is 1. The summed E-state index contributed by atoms with van der Waals surface area (Å²) in [7, 11) is 1.70. The van der Waals surface area contributed by atoms with Crippen molar-refractivity contribution in [3.63, 3.8) is 0 Å². The number of fused-ring (bicyclic) bond motifs is 1. The minimum Gasteiger partial charge on any atom is -0.497 e. The highest BCUT2D eigenvalue weighted by molar-refractivity contribution is 5.28. The maximum atomic E-state index is 5.26. The van der Waals surface area contributed by atoms with Crippen molar-refractivity contribution in [2.24, 2.45) is 0 Å². The summed E-state index contributed by atoms with van der Waals surface area (Å²) in [6.07, 6.45) is 4.60. The molecule has 0 fully saturated rings. The lowest BCUT2D eigenvalue weighted by atomic mass is 10.1. The number of rotatable bonds is 3. The molecule has 1 aliphatic rings. The van der Waals surface area contributed by atoms with E-state index in [0.29, 0.717) is 0 Å². The van der Waals surface area contributed by atoms with Gasteiger partial charge in [-0.3, -0.25) is 4.90 Å². The highest BCUT2D eigenvalue weighted by atomic mass is 16.5. The molecular formula is C15H17N3O. The van der Waals surface area contributed by atoms with Crippen LogP contribution >= 0.6 is 0 Å². The van der Waals surface area contributed by atoms with Crippen molar-refractivity contribution in [2.75, 3.05) is 13.7 Å². The number of ether oxygens (including phenoxy) is 1. The Morgan fingerprint density at radius 1 is 1.37 bits per heavy atom. The molecule has 0 spiro atoms. The molecule has 0 aliphatic carbocycles. The topological polar surface area (TPSA) is 38.2 Å². The molecule has 2 heterocycles. The third kappa shape index (κ3) is 2.74. The van der Waals surface area contributed by atoms with Crippen molar-refractivity contribution in [3.05, 3.63) is 53.6 Å². The van der Waals surface area contributed by atoms with E-state index >= 15 is 0 Å². The molecule has 3 rings (SSSR count). The summed E-state index contributed by atoms with van der Waals surface area (Å²) in [4.78, 5) is 10.9. The summed E-state index contributed by atoms with van der Waals surface area (Å²) in [6, 6.07) is 8.24. The van der Waals surface area contributed by atoms with Crippen LogP contribution in [0.3, 0.4) is 0 Å². The van der Waals surface area contributed by atoms with E-state index in [4.69, 9.17) is 4.74 Å². The Labute approximate surface area is 113 Å². The summed E-state index contributed by atoms with van der Waals surface area (Å²) in [5.74, 6) is 0.914. The van der Waals surface area contributed by atoms with Gasteiger partial charge in [0.25, 0.3) is 0 Å². The fourth-order valence-electron chi connectivity index (χ4n) is 2.47. The number of nitrogens with zero attached hydrogens (tertiary/aromatic N) is 3. The van der Waals surface area contributed by atoms with Gasteiger partial charge in [0.15, 0.2) is 0 Å². The molecule has 0 saturated heterocycles. The Kier molecular flexibility index (Phi) is 3.42. The quantitative estimate of drug-likeness (QED) is 0.841. The van der Waals surface area contributed by atoms with Crippen LogP contribution in [0.2, 0.25) is 0 Å². The standard InChI is InChI=1S/C15H17N3O/c1-19-14-4-2-3-12(7-14)9-18-6-5-13-8-16-11-17-15(13)10-18/h2-4,7-8,11H,5-6,9-10H2,1H3. The minimum absolute atomic E-state index is 0.898. The van der Waals surface area contributed by atoms with Crippen molar-refractivity contribution < 1.29 is 4.74 Å². The Balaban J connectivity index is 1.71. The molecule has 1 aromatic heterocycles. The second-order valence-electron chi connectivity index (χ2n) is 4.81. The zero-order valence-electron chi connectivity index (χ0n) is 11.0. The lowest BCUT2D eigenvalue weighted by Crippen LogP contribution is -2.30. The first-order valence-electron chi connectivity index (χ1n) is 6.48. The van der Waals surface area contributed by atoms with Crippen LogP contribution in [-0.4, -0.2) is 28.5 Å². The fourth-order valence-corrected chi connectivity index (χ4v) is 2.47. The van der Waals surface area contributed by atoms with Crippen LogP contribution in [-0.2, 0) is 19.5 Å². The SMILES string of the molecule is COc1cccc(CN2CCc3cncnc3C2)c1. The Morgan fingerprint density at radius 3 is 3.21 bits per heavy atom. The Morgan fingerprint density at radius 2 is 2.32 bits per heavy atom. The summed E-state index contributed by atoms with van der Waals surface area (Å²) in [6.45, 7) is 2.88. The van der Waals surface area contributed by atoms with Crippen LogP contribution in [0.1, 0.15) is 16.8 Å². The summed E-state index contributed by atoms with van der Waals surface area (Å²) in [5, 5.41) is 0. The molecule has 4 nitrogen and oxygen atoms in total. The first kappa shape index (κ1) is 12.1. The van der Waals surface area contributed by atoms with Crippen LogP contribution in [0.4, 0.5) is 0 Å². The molecular weight excluding hydrogens is 238 g/mol. The Hall–Kier alpha value is -1.94. The summed E-state index contributed by atoms with van der Waals surface area (Å²) < 4.78 is 5.26. The van der Waals surface area contributed by atoms with E-state index in [1.165, 1.54) is 11.1 Å². The molecule has 0 unspecified atom stereocenters. The molecule has 0 atom stereocenters. The molecule has 1 aromatic carbocycles. The average Bonchev–Trinajstić information content (AvgIpc) is 2.47. The largest absolute Gasteiger partial charge is 0.497 e. The van der Waals surface area contributed by atoms with Crippen LogP contribution in [0, 0.1) is 0 Å². The van der Waals surface area contributed by atoms with Gasteiger partial charge < -0.3 is 4.74 Å². The van der Waals surface area contributed by atoms with Gasteiger partial charge in [-0.05, 0) is 29.7 Å². The van der Waals surface area contributed by atoms with E-state index in [1.807, 2.05) is 18.3 Å². The van der Waals surface area contributed by atoms with Crippen molar-refractivity contribution in [1.82, 2.24) is 14.9 Å². The molecule has 0 radical (unpaired) electrons. The smallest absolute Gasteiger partial charge is 0.119 e. The molecule has 0 bridgehead atoms. The van der Waals surface area contributed by atoms with Crippen LogP contribution < -0.4 is 4.74 Å². The minimum atomic E-state index is 0.898. The predicted octanol–water partition coefficient (Wildman–Crippen LogP) is 2.04. The number of hydrogen-bond acceptors (Lipinski definition) is 4. The van der Waals surface area contributed by atoms with Gasteiger partial charge in [0.1, 0.15) is 12.1 Å². The van der Waals surface area contributed by atoms with E-state index in [1.54, 1.807) is 13.4 Å². The highest BCUT2D eigenvalue weighted by Crippen LogP contribution is 2.19. The molecule has 0 amide bonds. The maximum Gasteiger partial charge on any atom is 0.119 e. The van der Waals surface area contributed by atoms with Crippen LogP contribution in [0.5, 0.6) is 5.75 Å². The molecule has 4 heteroatoms. The van der Waals surface area contributed by atoms with Gasteiger partial charge in [0, 0.05) is 25.8 Å². The normalized spacial score (nSPS) is 15.0. The molecule has 0 saturated carbocycles. The van der Waals surface area contributed by atoms with Crippen LogP contribution in [0.25, 0.3) is 0 Å². The second kappa shape index (κ2) is 5.36. The van der Waals surface area contributed by atoms with Gasteiger partial charge in [0.05, 0.1) is 12.8 Å². The van der Waals surface area contributed by atoms with Crippen molar-refractivity contribution >= 4 is 0 Å². The lowest BCUT2D eigenvalue weighted by Gasteiger charge is -2.27. The Bertz CT molecular complexity index is 571. The maximum absolute atomic E-state index is 5.26. The average molecular weight is 255 g/mol. The van der Waals surface area contributed by atoms with Crippen molar-refractivity contribution in [3.8, 4) is 5.75 Å². The summed E-state index contributed by atoms with van der Waals surface area (Å²) in [5.41, 5.74) is 3.71. The second-order valence-corrected chi connectivity index (χ2v) is 4.81. The number of benzene rings is 1. The third-order valence-electron chi connectivity index (χ3n) is 3.49. The van der Waals surface area contributed by atoms with E-state index in [-0.39, 0.29) is 0 Å². The van der Waals surface area contributed by atoms with Gasteiger partial charge >= 0.3 is 0 Å². The monoisotopic (exact) mass is 255 g/mol. The molecule has 0 N–H and O–H groups in total. The van der Waals surface area contributed by atoms with E-state index in [0.717, 1.165) is 37.5 Å². The summed E-state index contributed by atoms with van der Waals surface area (Å²) >= 11 is 0. The first-order valence-corrected chi connectivity index (χ1v) is 6.48. The predicted molar refractivity (Wildman–Crippen MR) is 72.8 cm³/mol. The van der Waals surface area contributed by atoms with Gasteiger partial charge in [-0.2, -0.15) is 0 Å². The van der Waals surface area contributed by atoms with Gasteiger partial charge in [-0.25, -0.2) is 9.97 Å². The van der Waals surface area contributed by atoms with Gasteiger partial charge in [-0.15, -0.1) is 0 Å². The van der Waals surface area contributed by atoms with E-state index in [9.17, 15) is 0 Å². The molecule has 19 heavy (non-hydrogen) atoms. The molecule has 2 aromatic rings.